The minimum Gasteiger partial charge on any atom is -0.385 e. The highest BCUT2D eigenvalue weighted by atomic mass is 16.1. The van der Waals surface area contributed by atoms with E-state index in [2.05, 4.69) is 6.92 Å². The summed E-state index contributed by atoms with van der Waals surface area (Å²) in [4.78, 5) is 12.6. The molecular weight excluding hydrogens is 224 g/mol. The third kappa shape index (κ3) is 1.40. The SMILES string of the molecule is CCC1(n2c(N)cc3ccccc3c2=O)CCC1. The molecule has 1 aromatic heterocycles. The Morgan fingerprint density at radius 2 is 2.06 bits per heavy atom. The summed E-state index contributed by atoms with van der Waals surface area (Å²) in [7, 11) is 0. The lowest BCUT2D eigenvalue weighted by molar-refractivity contribution is 0.135. The summed E-state index contributed by atoms with van der Waals surface area (Å²) in [5.74, 6) is 0.597. The van der Waals surface area contributed by atoms with Crippen molar-refractivity contribution in [2.45, 2.75) is 38.1 Å². The Hall–Kier alpha value is -1.77. The number of aromatic nitrogens is 1. The number of fused-ring (bicyclic) bond motifs is 1. The molecule has 18 heavy (non-hydrogen) atoms. The van der Waals surface area contributed by atoms with Gasteiger partial charge in [-0.3, -0.25) is 9.36 Å². The second-order valence-electron chi connectivity index (χ2n) is 5.23. The van der Waals surface area contributed by atoms with E-state index in [9.17, 15) is 4.79 Å². The maximum Gasteiger partial charge on any atom is 0.260 e. The van der Waals surface area contributed by atoms with Gasteiger partial charge in [-0.05, 0) is 43.2 Å². The summed E-state index contributed by atoms with van der Waals surface area (Å²) in [5.41, 5.74) is 6.15. The van der Waals surface area contributed by atoms with Crippen molar-refractivity contribution in [1.82, 2.24) is 4.57 Å². The predicted octanol–water partition coefficient (Wildman–Crippen LogP) is 2.87. The number of nitrogens with zero attached hydrogens (tertiary/aromatic N) is 1. The fourth-order valence-corrected chi connectivity index (χ4v) is 3.09. The van der Waals surface area contributed by atoms with Crippen molar-refractivity contribution in [3.8, 4) is 0 Å². The Morgan fingerprint density at radius 1 is 1.33 bits per heavy atom. The average Bonchev–Trinajstić information content (AvgIpc) is 2.32. The molecule has 1 aliphatic carbocycles. The van der Waals surface area contributed by atoms with Gasteiger partial charge in [0.2, 0.25) is 0 Å². The van der Waals surface area contributed by atoms with Gasteiger partial charge in [0.05, 0.1) is 0 Å². The highest BCUT2D eigenvalue weighted by molar-refractivity contribution is 5.83. The van der Waals surface area contributed by atoms with E-state index in [-0.39, 0.29) is 11.1 Å². The normalized spacial score (nSPS) is 17.6. The van der Waals surface area contributed by atoms with Crippen molar-refractivity contribution >= 4 is 16.6 Å². The molecule has 3 rings (SSSR count). The lowest BCUT2D eigenvalue weighted by atomic mass is 9.74. The number of nitrogens with two attached hydrogens (primary N) is 1. The van der Waals surface area contributed by atoms with Crippen LogP contribution in [0.15, 0.2) is 35.1 Å². The van der Waals surface area contributed by atoms with Crippen molar-refractivity contribution in [3.05, 3.63) is 40.7 Å². The van der Waals surface area contributed by atoms with Gasteiger partial charge >= 0.3 is 0 Å². The van der Waals surface area contributed by atoms with Gasteiger partial charge in [0.15, 0.2) is 0 Å². The zero-order valence-electron chi connectivity index (χ0n) is 10.6. The third-order valence-corrected chi connectivity index (χ3v) is 4.37. The summed E-state index contributed by atoms with van der Waals surface area (Å²) >= 11 is 0. The van der Waals surface area contributed by atoms with Gasteiger partial charge in [-0.25, -0.2) is 0 Å². The number of nitrogen functional groups attached to an aromatic ring is 1. The van der Waals surface area contributed by atoms with Crippen LogP contribution in [0.3, 0.4) is 0 Å². The lowest BCUT2D eigenvalue weighted by Crippen LogP contribution is -2.46. The minimum absolute atomic E-state index is 0.0365. The van der Waals surface area contributed by atoms with Crippen molar-refractivity contribution < 1.29 is 0 Å². The van der Waals surface area contributed by atoms with Crippen LogP contribution in [0.5, 0.6) is 0 Å². The van der Waals surface area contributed by atoms with E-state index in [0.29, 0.717) is 5.82 Å². The molecule has 3 heteroatoms. The smallest absolute Gasteiger partial charge is 0.260 e. The van der Waals surface area contributed by atoms with Gasteiger partial charge in [0.1, 0.15) is 5.82 Å². The maximum absolute atomic E-state index is 12.6. The van der Waals surface area contributed by atoms with Crippen molar-refractivity contribution in [1.29, 1.82) is 0 Å². The highest BCUT2D eigenvalue weighted by Gasteiger charge is 2.39. The summed E-state index contributed by atoms with van der Waals surface area (Å²) in [6, 6.07) is 9.59. The van der Waals surface area contributed by atoms with Crippen molar-refractivity contribution in [2.24, 2.45) is 0 Å². The molecular formula is C15H18N2O. The van der Waals surface area contributed by atoms with Crippen molar-refractivity contribution in [3.63, 3.8) is 0 Å². The lowest BCUT2D eigenvalue weighted by Gasteiger charge is -2.43. The third-order valence-electron chi connectivity index (χ3n) is 4.37. The Labute approximate surface area is 106 Å². The molecule has 1 saturated carbocycles. The maximum atomic E-state index is 12.6. The Kier molecular flexibility index (Phi) is 2.44. The van der Waals surface area contributed by atoms with Crippen LogP contribution in [0.25, 0.3) is 10.8 Å². The molecule has 0 radical (unpaired) electrons. The van der Waals surface area contributed by atoms with E-state index in [4.69, 9.17) is 5.73 Å². The summed E-state index contributed by atoms with van der Waals surface area (Å²) in [6.07, 6.45) is 4.28. The summed E-state index contributed by atoms with van der Waals surface area (Å²) in [6.45, 7) is 2.14. The first-order valence-corrected chi connectivity index (χ1v) is 6.59. The van der Waals surface area contributed by atoms with Crippen LogP contribution in [0.4, 0.5) is 5.82 Å². The molecule has 0 spiro atoms. The number of benzene rings is 1. The van der Waals surface area contributed by atoms with Crippen LogP contribution in [0, 0.1) is 0 Å². The fraction of sp³-hybridized carbons (Fsp3) is 0.400. The van der Waals surface area contributed by atoms with Crippen LogP contribution in [0.2, 0.25) is 0 Å². The molecule has 1 heterocycles. The summed E-state index contributed by atoms with van der Waals surface area (Å²) in [5, 5.41) is 1.70. The standard InChI is InChI=1S/C15H18N2O/c1-2-15(8-5-9-15)17-13(16)10-11-6-3-4-7-12(11)14(17)18/h3-4,6-7,10H,2,5,8-9,16H2,1H3. The van der Waals surface area contributed by atoms with Crippen LogP contribution < -0.4 is 11.3 Å². The first-order valence-electron chi connectivity index (χ1n) is 6.59. The molecule has 2 aromatic rings. The topological polar surface area (TPSA) is 48.0 Å². The zero-order chi connectivity index (χ0) is 12.8. The van der Waals surface area contributed by atoms with Gasteiger partial charge in [0.25, 0.3) is 5.56 Å². The molecule has 2 N–H and O–H groups in total. The van der Waals surface area contributed by atoms with E-state index in [0.717, 1.165) is 30.0 Å². The molecule has 1 fully saturated rings. The number of hydrogen-bond acceptors (Lipinski definition) is 2. The largest absolute Gasteiger partial charge is 0.385 e. The first-order chi connectivity index (χ1) is 8.68. The van der Waals surface area contributed by atoms with Crippen LogP contribution in [-0.2, 0) is 5.54 Å². The highest BCUT2D eigenvalue weighted by Crippen LogP contribution is 2.42. The first kappa shape index (κ1) is 11.3. The molecule has 1 aromatic carbocycles. The monoisotopic (exact) mass is 242 g/mol. The molecule has 3 nitrogen and oxygen atoms in total. The van der Waals surface area contributed by atoms with Crippen molar-refractivity contribution in [2.75, 3.05) is 5.73 Å². The van der Waals surface area contributed by atoms with E-state index in [1.54, 1.807) is 0 Å². The van der Waals surface area contributed by atoms with Gasteiger partial charge in [-0.1, -0.05) is 25.1 Å². The molecule has 1 aliphatic rings. The van der Waals surface area contributed by atoms with Crippen LogP contribution >= 0.6 is 0 Å². The van der Waals surface area contributed by atoms with Gasteiger partial charge in [0, 0.05) is 10.9 Å². The molecule has 0 saturated heterocycles. The molecule has 0 atom stereocenters. The molecule has 0 amide bonds. The Morgan fingerprint density at radius 3 is 2.67 bits per heavy atom. The number of hydrogen-bond donors (Lipinski definition) is 1. The molecule has 0 aliphatic heterocycles. The van der Waals surface area contributed by atoms with Gasteiger partial charge in [-0.15, -0.1) is 0 Å². The molecule has 0 bridgehead atoms. The second kappa shape index (κ2) is 3.87. The number of rotatable bonds is 2. The molecule has 0 unspecified atom stereocenters. The quantitative estimate of drug-likeness (QED) is 0.880. The van der Waals surface area contributed by atoms with Gasteiger partial charge in [-0.2, -0.15) is 0 Å². The zero-order valence-corrected chi connectivity index (χ0v) is 10.6. The fourth-order valence-electron chi connectivity index (χ4n) is 3.09. The van der Waals surface area contributed by atoms with E-state index in [1.807, 2.05) is 34.9 Å². The second-order valence-corrected chi connectivity index (χ2v) is 5.23. The predicted molar refractivity (Wildman–Crippen MR) is 74.7 cm³/mol. The Bertz CT molecular complexity index is 648. The van der Waals surface area contributed by atoms with E-state index < -0.39 is 0 Å². The summed E-state index contributed by atoms with van der Waals surface area (Å²) < 4.78 is 1.83. The number of anilines is 1. The van der Waals surface area contributed by atoms with E-state index in [1.165, 1.54) is 6.42 Å². The minimum atomic E-state index is -0.0365. The molecule has 94 valence electrons. The van der Waals surface area contributed by atoms with Gasteiger partial charge < -0.3 is 5.73 Å². The Balaban J connectivity index is 2.33. The number of pyridine rings is 1. The van der Waals surface area contributed by atoms with Crippen LogP contribution in [-0.4, -0.2) is 4.57 Å². The van der Waals surface area contributed by atoms with Crippen LogP contribution in [0.1, 0.15) is 32.6 Å². The van der Waals surface area contributed by atoms with E-state index >= 15 is 0 Å². The average molecular weight is 242 g/mol.